The molecule has 0 aliphatic carbocycles. The first-order valence-corrected chi connectivity index (χ1v) is 8.49. The molecule has 0 fully saturated rings. The molecule has 0 spiro atoms. The number of allylic oxidation sites excluding steroid dienone is 5. The van der Waals surface area contributed by atoms with Gasteiger partial charge in [0.05, 0.1) is 0 Å². The first-order valence-electron chi connectivity index (χ1n) is 7.50. The molecule has 0 saturated heterocycles. The maximum atomic E-state index is 4.09. The Kier molecular flexibility index (Phi) is 8.83. The second kappa shape index (κ2) is 10.4. The quantitative estimate of drug-likeness (QED) is 0.496. The topological polar surface area (TPSA) is 41.6 Å². The van der Waals surface area contributed by atoms with Crippen LogP contribution in [0.5, 0.6) is 0 Å². The lowest BCUT2D eigenvalue weighted by Crippen LogP contribution is -1.83. The van der Waals surface area contributed by atoms with Gasteiger partial charge < -0.3 is 0 Å². The maximum absolute atomic E-state index is 4.09. The molecule has 0 saturated carbocycles. The van der Waals surface area contributed by atoms with Crippen molar-refractivity contribution in [2.45, 2.75) is 58.5 Å². The normalized spacial score (nSPS) is 12.6. The highest BCUT2D eigenvalue weighted by atomic mass is 32.2. The third-order valence-electron chi connectivity index (χ3n) is 3.17. The molecule has 1 aromatic rings. The van der Waals surface area contributed by atoms with Crippen molar-refractivity contribution in [2.75, 3.05) is 5.75 Å². The number of hydrogen-bond donors (Lipinski definition) is 1. The van der Waals surface area contributed by atoms with Gasteiger partial charge in [-0.05, 0) is 53.4 Å². The molecular weight excluding hydrogens is 278 g/mol. The minimum atomic E-state index is 0.883. The molecule has 116 valence electrons. The molecule has 1 aromatic heterocycles. The summed E-state index contributed by atoms with van der Waals surface area (Å²) in [6.45, 7) is 8.75. The van der Waals surface area contributed by atoms with Crippen LogP contribution in [-0.2, 0) is 0 Å². The number of aromatic nitrogens is 3. The lowest BCUT2D eigenvalue weighted by molar-refractivity contribution is 0.917. The largest absolute Gasteiger partial charge is 0.254 e. The molecule has 21 heavy (non-hydrogen) atoms. The maximum Gasteiger partial charge on any atom is 0.183 e. The standard InChI is InChI=1S/C17H27N3S/c1-14(2)7-5-8-15(3)9-6-10-16(4)11-12-21-17-18-13-19-20-17/h7,9,11,13H,5-6,8,10,12H2,1-4H3,(H,18,19,20)/b15-9?,16-11+. The molecule has 0 bridgehead atoms. The van der Waals surface area contributed by atoms with Gasteiger partial charge in [-0.15, -0.1) is 0 Å². The van der Waals surface area contributed by atoms with E-state index in [4.69, 9.17) is 0 Å². The second-order valence-corrected chi connectivity index (χ2v) is 6.57. The molecule has 0 atom stereocenters. The van der Waals surface area contributed by atoms with Crippen LogP contribution in [0.25, 0.3) is 0 Å². The molecule has 3 nitrogen and oxygen atoms in total. The molecule has 4 heteroatoms. The fourth-order valence-corrected chi connectivity index (χ4v) is 2.63. The van der Waals surface area contributed by atoms with Gasteiger partial charge in [-0.25, -0.2) is 4.98 Å². The Morgan fingerprint density at radius 1 is 1.05 bits per heavy atom. The van der Waals surface area contributed by atoms with Gasteiger partial charge in [0.1, 0.15) is 6.33 Å². The van der Waals surface area contributed by atoms with Crippen molar-refractivity contribution in [3.8, 4) is 0 Å². The minimum Gasteiger partial charge on any atom is -0.254 e. The molecule has 1 N–H and O–H groups in total. The number of rotatable bonds is 9. The number of nitrogens with one attached hydrogen (secondary N) is 1. The van der Waals surface area contributed by atoms with Crippen molar-refractivity contribution in [1.29, 1.82) is 0 Å². The average molecular weight is 305 g/mol. The van der Waals surface area contributed by atoms with Crippen molar-refractivity contribution in [3.05, 3.63) is 41.3 Å². The average Bonchev–Trinajstić information content (AvgIpc) is 2.91. The summed E-state index contributed by atoms with van der Waals surface area (Å²) in [7, 11) is 0. The van der Waals surface area contributed by atoms with Gasteiger partial charge in [-0.3, -0.25) is 5.10 Å². The third-order valence-corrected chi connectivity index (χ3v) is 3.97. The van der Waals surface area contributed by atoms with Crippen LogP contribution >= 0.6 is 11.8 Å². The van der Waals surface area contributed by atoms with Gasteiger partial charge in [0.2, 0.25) is 0 Å². The molecule has 0 aliphatic rings. The van der Waals surface area contributed by atoms with E-state index in [1.165, 1.54) is 23.1 Å². The van der Waals surface area contributed by atoms with Crippen molar-refractivity contribution in [1.82, 2.24) is 15.2 Å². The number of hydrogen-bond acceptors (Lipinski definition) is 3. The van der Waals surface area contributed by atoms with E-state index in [0.29, 0.717) is 0 Å². The fourth-order valence-electron chi connectivity index (χ4n) is 1.87. The Balaban J connectivity index is 2.19. The van der Waals surface area contributed by atoms with Crippen LogP contribution in [0.15, 0.2) is 46.4 Å². The SMILES string of the molecule is CC(C)=CCCC(C)=CCC/C(C)=C/CSc1ncn[nH]1. The van der Waals surface area contributed by atoms with E-state index < -0.39 is 0 Å². The first kappa shape index (κ1) is 17.8. The zero-order valence-corrected chi connectivity index (χ0v) is 14.5. The lowest BCUT2D eigenvalue weighted by atomic mass is 10.1. The van der Waals surface area contributed by atoms with Gasteiger partial charge >= 0.3 is 0 Å². The van der Waals surface area contributed by atoms with Crippen molar-refractivity contribution < 1.29 is 0 Å². The van der Waals surface area contributed by atoms with Gasteiger partial charge in [0.25, 0.3) is 0 Å². The molecule has 0 amide bonds. The smallest absolute Gasteiger partial charge is 0.183 e. The number of nitrogens with zero attached hydrogens (tertiary/aromatic N) is 2. The zero-order valence-electron chi connectivity index (χ0n) is 13.6. The Hall–Kier alpha value is -1.29. The van der Waals surface area contributed by atoms with E-state index in [1.807, 2.05) is 0 Å². The second-order valence-electron chi connectivity index (χ2n) is 5.56. The first-order chi connectivity index (χ1) is 10.1. The van der Waals surface area contributed by atoms with Crippen LogP contribution in [0.1, 0.15) is 53.4 Å². The molecule has 0 aliphatic heterocycles. The Bertz CT molecular complexity index is 480. The van der Waals surface area contributed by atoms with Crippen LogP contribution in [0.2, 0.25) is 0 Å². The van der Waals surface area contributed by atoms with Crippen molar-refractivity contribution in [3.63, 3.8) is 0 Å². The van der Waals surface area contributed by atoms with Crippen molar-refractivity contribution >= 4 is 11.8 Å². The highest BCUT2D eigenvalue weighted by Crippen LogP contribution is 2.14. The molecule has 0 radical (unpaired) electrons. The summed E-state index contributed by atoms with van der Waals surface area (Å²) in [5.74, 6) is 0.949. The highest BCUT2D eigenvalue weighted by Gasteiger charge is 1.95. The van der Waals surface area contributed by atoms with E-state index in [1.54, 1.807) is 18.1 Å². The van der Waals surface area contributed by atoms with Crippen LogP contribution in [-0.4, -0.2) is 20.9 Å². The predicted octanol–water partition coefficient (Wildman–Crippen LogP) is 5.32. The molecule has 1 rings (SSSR count). The Morgan fingerprint density at radius 2 is 1.71 bits per heavy atom. The Labute approximate surface area is 133 Å². The van der Waals surface area contributed by atoms with Crippen LogP contribution < -0.4 is 0 Å². The fraction of sp³-hybridized carbons (Fsp3) is 0.529. The number of H-pyrrole nitrogens is 1. The van der Waals surface area contributed by atoms with E-state index in [9.17, 15) is 0 Å². The lowest BCUT2D eigenvalue weighted by Gasteiger charge is -2.01. The van der Waals surface area contributed by atoms with Crippen molar-refractivity contribution in [2.24, 2.45) is 0 Å². The van der Waals surface area contributed by atoms with Gasteiger partial charge in [-0.2, -0.15) is 5.10 Å². The zero-order chi connectivity index (χ0) is 15.5. The summed E-state index contributed by atoms with van der Waals surface area (Å²) >= 11 is 1.68. The van der Waals surface area contributed by atoms with E-state index in [-0.39, 0.29) is 0 Å². The van der Waals surface area contributed by atoms with E-state index >= 15 is 0 Å². The predicted molar refractivity (Wildman–Crippen MR) is 92.5 cm³/mol. The van der Waals surface area contributed by atoms with Gasteiger partial charge in [-0.1, -0.05) is 46.7 Å². The van der Waals surface area contributed by atoms with Crippen LogP contribution in [0.3, 0.4) is 0 Å². The number of thioether (sulfide) groups is 1. The minimum absolute atomic E-state index is 0.883. The molecule has 0 aromatic carbocycles. The summed E-state index contributed by atoms with van der Waals surface area (Å²) in [5.41, 5.74) is 4.34. The van der Waals surface area contributed by atoms with Crippen LogP contribution in [0.4, 0.5) is 0 Å². The van der Waals surface area contributed by atoms with E-state index in [0.717, 1.165) is 30.2 Å². The van der Waals surface area contributed by atoms with Gasteiger partial charge in [0, 0.05) is 5.75 Å². The summed E-state index contributed by atoms with van der Waals surface area (Å²) < 4.78 is 0. The summed E-state index contributed by atoms with van der Waals surface area (Å²) in [6, 6.07) is 0. The van der Waals surface area contributed by atoms with Gasteiger partial charge in [0.15, 0.2) is 5.16 Å². The third kappa shape index (κ3) is 9.29. The summed E-state index contributed by atoms with van der Waals surface area (Å²) in [5, 5.41) is 7.57. The molecule has 0 unspecified atom stereocenters. The van der Waals surface area contributed by atoms with Crippen LogP contribution in [0, 0.1) is 0 Å². The van der Waals surface area contributed by atoms with E-state index in [2.05, 4.69) is 61.1 Å². The monoisotopic (exact) mass is 305 g/mol. The Morgan fingerprint density at radius 3 is 2.33 bits per heavy atom. The summed E-state index contributed by atoms with van der Waals surface area (Å²) in [4.78, 5) is 4.09. The molecule has 1 heterocycles. The number of aromatic amines is 1. The summed E-state index contributed by atoms with van der Waals surface area (Å²) in [6.07, 6.45) is 13.1. The molecular formula is C17H27N3S. The highest BCUT2D eigenvalue weighted by molar-refractivity contribution is 7.99.